The highest BCUT2D eigenvalue weighted by Gasteiger charge is 2.06. The molecule has 108 valence electrons. The second-order valence-corrected chi connectivity index (χ2v) is 6.25. The van der Waals surface area contributed by atoms with Gasteiger partial charge in [0.2, 0.25) is 0 Å². The van der Waals surface area contributed by atoms with E-state index in [2.05, 4.69) is 50.5 Å². The van der Waals surface area contributed by atoms with Crippen molar-refractivity contribution in [2.45, 2.75) is 18.3 Å². The molecule has 0 radical (unpaired) electrons. The number of alkyl halides is 1. The SMILES string of the molecule is CC(Br)c1cn(CCOc2ccc3ccccc3c2)nn1. The van der Waals surface area contributed by atoms with Crippen LogP contribution < -0.4 is 4.74 Å². The van der Waals surface area contributed by atoms with Gasteiger partial charge in [0, 0.05) is 6.20 Å². The Morgan fingerprint density at radius 3 is 2.76 bits per heavy atom. The lowest BCUT2D eigenvalue weighted by atomic mass is 10.1. The smallest absolute Gasteiger partial charge is 0.120 e. The number of rotatable bonds is 5. The maximum atomic E-state index is 5.79. The molecule has 5 heteroatoms. The number of hydrogen-bond donors (Lipinski definition) is 0. The van der Waals surface area contributed by atoms with Crippen LogP contribution in [0.25, 0.3) is 10.8 Å². The summed E-state index contributed by atoms with van der Waals surface area (Å²) < 4.78 is 7.59. The summed E-state index contributed by atoms with van der Waals surface area (Å²) >= 11 is 3.48. The predicted molar refractivity (Wildman–Crippen MR) is 86.8 cm³/mol. The average molecular weight is 346 g/mol. The Morgan fingerprint density at radius 1 is 1.19 bits per heavy atom. The third-order valence-electron chi connectivity index (χ3n) is 3.27. The summed E-state index contributed by atoms with van der Waals surface area (Å²) in [7, 11) is 0. The van der Waals surface area contributed by atoms with Gasteiger partial charge in [0.15, 0.2) is 0 Å². The van der Waals surface area contributed by atoms with Crippen molar-refractivity contribution < 1.29 is 4.74 Å². The van der Waals surface area contributed by atoms with Crippen LogP contribution in [0.5, 0.6) is 5.75 Å². The lowest BCUT2D eigenvalue weighted by molar-refractivity contribution is 0.290. The second-order valence-electron chi connectivity index (χ2n) is 4.88. The summed E-state index contributed by atoms with van der Waals surface area (Å²) in [4.78, 5) is 0.215. The van der Waals surface area contributed by atoms with E-state index in [1.807, 2.05) is 31.3 Å². The first kappa shape index (κ1) is 14.1. The van der Waals surface area contributed by atoms with Crippen molar-refractivity contribution in [2.24, 2.45) is 0 Å². The van der Waals surface area contributed by atoms with Crippen LogP contribution in [-0.2, 0) is 6.54 Å². The minimum absolute atomic E-state index is 0.215. The van der Waals surface area contributed by atoms with Crippen LogP contribution in [0.2, 0.25) is 0 Å². The summed E-state index contributed by atoms with van der Waals surface area (Å²) in [5, 5.41) is 10.6. The third-order valence-corrected chi connectivity index (χ3v) is 3.74. The second kappa shape index (κ2) is 6.26. The molecule has 0 aliphatic carbocycles. The maximum Gasteiger partial charge on any atom is 0.120 e. The zero-order valence-corrected chi connectivity index (χ0v) is 13.3. The normalized spacial score (nSPS) is 12.5. The van der Waals surface area contributed by atoms with Gasteiger partial charge in [-0.05, 0) is 29.8 Å². The van der Waals surface area contributed by atoms with Crippen LogP contribution in [0.15, 0.2) is 48.7 Å². The van der Waals surface area contributed by atoms with Crippen LogP contribution in [0.1, 0.15) is 17.4 Å². The molecule has 1 heterocycles. The van der Waals surface area contributed by atoms with E-state index in [4.69, 9.17) is 4.74 Å². The Labute approximate surface area is 131 Å². The van der Waals surface area contributed by atoms with Gasteiger partial charge in [-0.2, -0.15) is 0 Å². The highest BCUT2D eigenvalue weighted by molar-refractivity contribution is 9.09. The van der Waals surface area contributed by atoms with Gasteiger partial charge in [0.05, 0.1) is 17.1 Å². The van der Waals surface area contributed by atoms with Crippen LogP contribution in [0, 0.1) is 0 Å². The Hall–Kier alpha value is -1.88. The van der Waals surface area contributed by atoms with E-state index in [-0.39, 0.29) is 4.83 Å². The molecule has 0 saturated heterocycles. The first-order valence-electron chi connectivity index (χ1n) is 6.88. The van der Waals surface area contributed by atoms with Crippen molar-refractivity contribution in [1.82, 2.24) is 15.0 Å². The highest BCUT2D eigenvalue weighted by atomic mass is 79.9. The number of aromatic nitrogens is 3. The minimum Gasteiger partial charge on any atom is -0.492 e. The molecule has 0 aliphatic rings. The molecule has 2 aromatic carbocycles. The molecule has 0 fully saturated rings. The molecule has 0 aliphatic heterocycles. The van der Waals surface area contributed by atoms with Gasteiger partial charge >= 0.3 is 0 Å². The molecule has 3 aromatic rings. The van der Waals surface area contributed by atoms with Gasteiger partial charge in [-0.25, -0.2) is 4.68 Å². The lowest BCUT2D eigenvalue weighted by Crippen LogP contribution is -2.08. The first-order chi connectivity index (χ1) is 10.2. The van der Waals surface area contributed by atoms with Gasteiger partial charge in [-0.1, -0.05) is 51.5 Å². The fourth-order valence-electron chi connectivity index (χ4n) is 2.12. The molecule has 3 rings (SSSR count). The number of hydrogen-bond acceptors (Lipinski definition) is 3. The fourth-order valence-corrected chi connectivity index (χ4v) is 2.33. The quantitative estimate of drug-likeness (QED) is 0.657. The number of fused-ring (bicyclic) bond motifs is 1. The van der Waals surface area contributed by atoms with Gasteiger partial charge in [0.25, 0.3) is 0 Å². The molecular weight excluding hydrogens is 330 g/mol. The monoisotopic (exact) mass is 345 g/mol. The summed E-state index contributed by atoms with van der Waals surface area (Å²) in [5.41, 5.74) is 0.931. The highest BCUT2D eigenvalue weighted by Crippen LogP contribution is 2.21. The van der Waals surface area contributed by atoms with Crippen molar-refractivity contribution in [3.63, 3.8) is 0 Å². The molecule has 1 aromatic heterocycles. The van der Waals surface area contributed by atoms with Crippen LogP contribution in [0.3, 0.4) is 0 Å². The van der Waals surface area contributed by atoms with E-state index in [0.29, 0.717) is 13.2 Å². The van der Waals surface area contributed by atoms with E-state index in [1.54, 1.807) is 4.68 Å². The van der Waals surface area contributed by atoms with E-state index in [1.165, 1.54) is 10.8 Å². The Bertz CT molecular complexity index is 739. The van der Waals surface area contributed by atoms with Crippen molar-refractivity contribution in [1.29, 1.82) is 0 Å². The van der Waals surface area contributed by atoms with Gasteiger partial charge in [-0.3, -0.25) is 0 Å². The zero-order chi connectivity index (χ0) is 14.7. The Morgan fingerprint density at radius 2 is 2.00 bits per heavy atom. The van der Waals surface area contributed by atoms with Gasteiger partial charge < -0.3 is 4.74 Å². The van der Waals surface area contributed by atoms with Gasteiger partial charge in [0.1, 0.15) is 12.4 Å². The predicted octanol–water partition coefficient (Wildman–Crippen LogP) is 3.97. The van der Waals surface area contributed by atoms with Crippen molar-refractivity contribution in [2.75, 3.05) is 6.61 Å². The minimum atomic E-state index is 0.215. The van der Waals surface area contributed by atoms with Crippen molar-refractivity contribution in [3.05, 3.63) is 54.4 Å². The third kappa shape index (κ3) is 3.42. The zero-order valence-electron chi connectivity index (χ0n) is 11.7. The Kier molecular flexibility index (Phi) is 4.20. The topological polar surface area (TPSA) is 39.9 Å². The summed E-state index contributed by atoms with van der Waals surface area (Å²) in [6.45, 7) is 3.28. The maximum absolute atomic E-state index is 5.79. The molecular formula is C16H16BrN3O. The fraction of sp³-hybridized carbons (Fsp3) is 0.250. The standard InChI is InChI=1S/C16H16BrN3O/c1-12(17)16-11-20(19-18-16)8-9-21-15-7-6-13-4-2-3-5-14(13)10-15/h2-7,10-12H,8-9H2,1H3. The molecule has 0 N–H and O–H groups in total. The molecule has 21 heavy (non-hydrogen) atoms. The average Bonchev–Trinajstić information content (AvgIpc) is 2.96. The molecule has 0 amide bonds. The molecule has 0 saturated carbocycles. The van der Waals surface area contributed by atoms with E-state index >= 15 is 0 Å². The van der Waals surface area contributed by atoms with Crippen LogP contribution >= 0.6 is 15.9 Å². The summed E-state index contributed by atoms with van der Waals surface area (Å²) in [6, 6.07) is 14.4. The molecule has 1 unspecified atom stereocenters. The molecule has 1 atom stereocenters. The van der Waals surface area contributed by atoms with E-state index in [0.717, 1.165) is 11.4 Å². The van der Waals surface area contributed by atoms with Crippen LogP contribution in [0.4, 0.5) is 0 Å². The summed E-state index contributed by atoms with van der Waals surface area (Å²) in [6.07, 6.45) is 1.93. The molecule has 0 bridgehead atoms. The van der Waals surface area contributed by atoms with Crippen molar-refractivity contribution in [3.8, 4) is 5.75 Å². The molecule has 0 spiro atoms. The molecule has 4 nitrogen and oxygen atoms in total. The van der Waals surface area contributed by atoms with Crippen LogP contribution in [-0.4, -0.2) is 21.6 Å². The Balaban J connectivity index is 1.60. The number of benzene rings is 2. The van der Waals surface area contributed by atoms with Crippen molar-refractivity contribution >= 4 is 26.7 Å². The first-order valence-corrected chi connectivity index (χ1v) is 7.79. The van der Waals surface area contributed by atoms with Gasteiger partial charge in [-0.15, -0.1) is 5.10 Å². The van der Waals surface area contributed by atoms with E-state index < -0.39 is 0 Å². The number of ether oxygens (including phenoxy) is 1. The number of halogens is 1. The number of nitrogens with zero attached hydrogens (tertiary/aromatic N) is 3. The largest absolute Gasteiger partial charge is 0.492 e. The summed E-state index contributed by atoms with van der Waals surface area (Å²) in [5.74, 6) is 0.878. The van der Waals surface area contributed by atoms with E-state index in [9.17, 15) is 0 Å². The lowest BCUT2D eigenvalue weighted by Gasteiger charge is -2.07.